The van der Waals surface area contributed by atoms with Crippen LogP contribution in [0, 0.1) is 0 Å². The number of rotatable bonds is 9. The lowest BCUT2D eigenvalue weighted by atomic mass is 10.1. The van der Waals surface area contributed by atoms with Gasteiger partial charge >= 0.3 is 12.3 Å². The number of anilines is 2. The number of nitrogens with one attached hydrogen (secondary N) is 1. The first kappa shape index (κ1) is 24.9. The highest BCUT2D eigenvalue weighted by molar-refractivity contribution is 5.81. The number of imidazole rings is 1. The highest BCUT2D eigenvalue weighted by Gasteiger charge is 2.31. The highest BCUT2D eigenvalue weighted by Crippen LogP contribution is 2.33. The van der Waals surface area contributed by atoms with E-state index >= 15 is 0 Å². The van der Waals surface area contributed by atoms with Crippen LogP contribution in [0.2, 0.25) is 0 Å². The quantitative estimate of drug-likeness (QED) is 0.281. The van der Waals surface area contributed by atoms with Crippen LogP contribution >= 0.6 is 0 Å². The van der Waals surface area contributed by atoms with Crippen molar-refractivity contribution >= 4 is 28.6 Å². The first-order valence-electron chi connectivity index (χ1n) is 11.1. The number of nitrogens with zero attached hydrogens (tertiary/aromatic N) is 2. The van der Waals surface area contributed by atoms with Gasteiger partial charge in [-0.2, -0.15) is 0 Å². The van der Waals surface area contributed by atoms with E-state index in [4.69, 9.17) is 14.8 Å². The van der Waals surface area contributed by atoms with E-state index in [2.05, 4.69) is 10.1 Å². The zero-order valence-electron chi connectivity index (χ0n) is 19.5. The Morgan fingerprint density at radius 3 is 2.50 bits per heavy atom. The molecule has 1 aromatic heterocycles. The van der Waals surface area contributed by atoms with Gasteiger partial charge in [-0.3, -0.25) is 4.79 Å². The van der Waals surface area contributed by atoms with Crippen molar-refractivity contribution in [2.24, 2.45) is 0 Å². The molecule has 0 fully saturated rings. The largest absolute Gasteiger partial charge is 0.573 e. The number of aromatic nitrogens is 2. The Morgan fingerprint density at radius 1 is 1.08 bits per heavy atom. The number of ether oxygens (including phenoxy) is 2. The number of aliphatic carboxylic acids is 1. The van der Waals surface area contributed by atoms with Gasteiger partial charge in [0.1, 0.15) is 11.5 Å². The fraction of sp³-hybridized carbons (Fsp3) is 0.231. The van der Waals surface area contributed by atoms with Crippen LogP contribution in [0.4, 0.5) is 24.8 Å². The van der Waals surface area contributed by atoms with Gasteiger partial charge in [0.25, 0.3) is 0 Å². The van der Waals surface area contributed by atoms with E-state index in [1.54, 1.807) is 7.11 Å². The molecule has 1 unspecified atom stereocenters. The Morgan fingerprint density at radius 2 is 1.83 bits per heavy atom. The second-order valence-electron chi connectivity index (χ2n) is 8.17. The van der Waals surface area contributed by atoms with Gasteiger partial charge in [0.2, 0.25) is 5.95 Å². The van der Waals surface area contributed by atoms with E-state index in [1.165, 1.54) is 24.3 Å². The Hall–Kier alpha value is -4.21. The molecule has 36 heavy (non-hydrogen) atoms. The molecule has 2 N–H and O–H groups in total. The molecule has 3 aromatic carbocycles. The molecule has 0 spiro atoms. The molecule has 188 valence electrons. The molecule has 0 amide bonds. The Kier molecular flexibility index (Phi) is 7.05. The van der Waals surface area contributed by atoms with Crippen LogP contribution < -0.4 is 14.8 Å². The summed E-state index contributed by atoms with van der Waals surface area (Å²) < 4.78 is 48.8. The Bertz CT molecular complexity index is 1370. The number of carboxylic acid groups (broad SMARTS) is 1. The lowest BCUT2D eigenvalue weighted by molar-refractivity contribution is -0.274. The van der Waals surface area contributed by atoms with Gasteiger partial charge in [0.15, 0.2) is 0 Å². The summed E-state index contributed by atoms with van der Waals surface area (Å²) in [5.74, 6) is -0.0309. The standard InChI is InChI=1S/C26H24F3N3O4/c1-16(18-4-3-5-21(15-18)35-2)32-23-12-6-17(7-13-24(33)34)14-22(23)31-25(32)30-19-8-10-20(11-9-19)36-26(27,28)29/h3-6,8-12,14-16H,7,13H2,1-2H3,(H,30,31)(H,33,34). The molecule has 1 atom stereocenters. The van der Waals surface area contributed by atoms with Gasteiger partial charge in [-0.15, -0.1) is 13.2 Å². The third kappa shape index (κ3) is 5.88. The smallest absolute Gasteiger partial charge is 0.497 e. The molecule has 0 bridgehead atoms. The zero-order valence-corrected chi connectivity index (χ0v) is 19.5. The first-order chi connectivity index (χ1) is 17.1. The molecule has 0 radical (unpaired) electrons. The number of halogens is 3. The van der Waals surface area contributed by atoms with Gasteiger partial charge in [-0.1, -0.05) is 18.2 Å². The summed E-state index contributed by atoms with van der Waals surface area (Å²) in [4.78, 5) is 15.7. The van der Waals surface area contributed by atoms with Crippen LogP contribution in [0.15, 0.2) is 66.7 Å². The maximum Gasteiger partial charge on any atom is 0.573 e. The molecular weight excluding hydrogens is 475 g/mol. The lowest BCUT2D eigenvalue weighted by Crippen LogP contribution is -2.17. The molecule has 4 rings (SSSR count). The average molecular weight is 499 g/mol. The van der Waals surface area contributed by atoms with Crippen molar-refractivity contribution in [3.63, 3.8) is 0 Å². The predicted molar refractivity (Wildman–Crippen MR) is 129 cm³/mol. The fourth-order valence-electron chi connectivity index (χ4n) is 3.95. The molecule has 0 aliphatic heterocycles. The third-order valence-corrected chi connectivity index (χ3v) is 5.69. The molecule has 10 heteroatoms. The second kappa shape index (κ2) is 10.2. The fourth-order valence-corrected chi connectivity index (χ4v) is 3.95. The molecule has 0 saturated carbocycles. The number of aryl methyl sites for hydroxylation is 1. The molecule has 4 aromatic rings. The van der Waals surface area contributed by atoms with Gasteiger partial charge in [0, 0.05) is 12.1 Å². The van der Waals surface area contributed by atoms with Crippen LogP contribution in [0.5, 0.6) is 11.5 Å². The molecule has 0 aliphatic rings. The summed E-state index contributed by atoms with van der Waals surface area (Å²) in [6, 6.07) is 18.4. The van der Waals surface area contributed by atoms with Crippen molar-refractivity contribution in [3.8, 4) is 11.5 Å². The summed E-state index contributed by atoms with van der Waals surface area (Å²) >= 11 is 0. The lowest BCUT2D eigenvalue weighted by Gasteiger charge is -2.19. The minimum Gasteiger partial charge on any atom is -0.497 e. The number of hydrogen-bond donors (Lipinski definition) is 2. The topological polar surface area (TPSA) is 85.6 Å². The molecule has 7 nitrogen and oxygen atoms in total. The minimum absolute atomic E-state index is 0.00385. The minimum atomic E-state index is -4.77. The molecule has 0 aliphatic carbocycles. The number of alkyl halides is 3. The van der Waals surface area contributed by atoms with E-state index < -0.39 is 12.3 Å². The van der Waals surface area contributed by atoms with Crippen LogP contribution in [-0.4, -0.2) is 34.1 Å². The van der Waals surface area contributed by atoms with Crippen LogP contribution in [0.3, 0.4) is 0 Å². The van der Waals surface area contributed by atoms with Crippen molar-refractivity contribution in [2.45, 2.75) is 32.2 Å². The van der Waals surface area contributed by atoms with E-state index in [0.29, 0.717) is 29.3 Å². The van der Waals surface area contributed by atoms with Gasteiger partial charge in [0.05, 0.1) is 24.2 Å². The van der Waals surface area contributed by atoms with E-state index in [9.17, 15) is 18.0 Å². The van der Waals surface area contributed by atoms with E-state index in [1.807, 2.05) is 54.0 Å². The Balaban J connectivity index is 1.73. The molecule has 1 heterocycles. The van der Waals surface area contributed by atoms with Crippen molar-refractivity contribution in [3.05, 3.63) is 77.9 Å². The maximum atomic E-state index is 12.5. The summed E-state index contributed by atoms with van der Waals surface area (Å²) in [5, 5.41) is 12.2. The van der Waals surface area contributed by atoms with Crippen molar-refractivity contribution in [1.82, 2.24) is 9.55 Å². The van der Waals surface area contributed by atoms with Crippen molar-refractivity contribution in [1.29, 1.82) is 0 Å². The third-order valence-electron chi connectivity index (χ3n) is 5.69. The highest BCUT2D eigenvalue weighted by atomic mass is 19.4. The maximum absolute atomic E-state index is 12.5. The number of methoxy groups -OCH3 is 1. The predicted octanol–water partition coefficient (Wildman–Crippen LogP) is 6.31. The molecule has 0 saturated heterocycles. The van der Waals surface area contributed by atoms with Gasteiger partial charge < -0.3 is 24.5 Å². The number of fused-ring (bicyclic) bond motifs is 1. The number of carbonyl (C=O) groups is 1. The number of benzene rings is 3. The zero-order chi connectivity index (χ0) is 25.9. The molecular formula is C26H24F3N3O4. The van der Waals surface area contributed by atoms with E-state index in [0.717, 1.165) is 16.6 Å². The van der Waals surface area contributed by atoms with Gasteiger partial charge in [-0.05, 0) is 73.0 Å². The van der Waals surface area contributed by atoms with Gasteiger partial charge in [-0.25, -0.2) is 4.98 Å². The second-order valence-corrected chi connectivity index (χ2v) is 8.17. The first-order valence-corrected chi connectivity index (χ1v) is 11.1. The summed E-state index contributed by atoms with van der Waals surface area (Å²) in [5.41, 5.74) is 3.78. The van der Waals surface area contributed by atoms with Crippen molar-refractivity contribution < 1.29 is 32.5 Å². The Labute approximate surface area is 205 Å². The van der Waals surface area contributed by atoms with Crippen LogP contribution in [0.1, 0.15) is 30.5 Å². The van der Waals surface area contributed by atoms with Crippen LogP contribution in [-0.2, 0) is 11.2 Å². The summed E-state index contributed by atoms with van der Waals surface area (Å²) in [6.45, 7) is 2.00. The van der Waals surface area contributed by atoms with E-state index in [-0.39, 0.29) is 18.2 Å². The number of carboxylic acids is 1. The van der Waals surface area contributed by atoms with Crippen LogP contribution in [0.25, 0.3) is 11.0 Å². The summed E-state index contributed by atoms with van der Waals surface area (Å²) in [6.07, 6.45) is -4.40. The SMILES string of the molecule is COc1cccc(C(C)n2c(Nc3ccc(OC(F)(F)F)cc3)nc3cc(CCC(=O)O)ccc32)c1. The normalized spacial score (nSPS) is 12.4. The number of hydrogen-bond acceptors (Lipinski definition) is 5. The van der Waals surface area contributed by atoms with Crippen molar-refractivity contribution in [2.75, 3.05) is 12.4 Å². The summed E-state index contributed by atoms with van der Waals surface area (Å²) in [7, 11) is 1.59. The average Bonchev–Trinajstić information content (AvgIpc) is 3.19. The monoisotopic (exact) mass is 499 g/mol.